The van der Waals surface area contributed by atoms with Gasteiger partial charge in [-0.2, -0.15) is 0 Å². The Morgan fingerprint density at radius 1 is 1.35 bits per heavy atom. The first kappa shape index (κ1) is 17.2. The summed E-state index contributed by atoms with van der Waals surface area (Å²) in [5.74, 6) is -2.79. The number of rotatable bonds is 2. The van der Waals surface area contributed by atoms with Gasteiger partial charge in [0.1, 0.15) is 15.1 Å². The zero-order valence-corrected chi connectivity index (χ0v) is 13.0. The number of carbonyl (C=O) groups excluding carboxylic acids is 1. The molecular formula is C11H10Cl2FO5S-. The van der Waals surface area contributed by atoms with Gasteiger partial charge < -0.3 is 9.29 Å². The highest BCUT2D eigenvalue weighted by Crippen LogP contribution is 2.39. The van der Waals surface area contributed by atoms with E-state index in [4.69, 9.17) is 27.9 Å². The molecule has 0 fully saturated rings. The molecule has 0 atom stereocenters. The predicted octanol–water partition coefficient (Wildman–Crippen LogP) is 2.99. The summed E-state index contributed by atoms with van der Waals surface area (Å²) in [5, 5.41) is -1.30. The van der Waals surface area contributed by atoms with E-state index in [9.17, 15) is 22.2 Å². The fraction of sp³-hybridized carbons (Fsp3) is 0.364. The molecule has 1 aromatic carbocycles. The first-order valence-corrected chi connectivity index (χ1v) is 7.37. The number of esters is 1. The van der Waals surface area contributed by atoms with Crippen LogP contribution in [-0.4, -0.2) is 18.9 Å². The molecule has 0 aromatic heterocycles. The highest BCUT2D eigenvalue weighted by molar-refractivity contribution is 7.85. The van der Waals surface area contributed by atoms with Gasteiger partial charge in [0, 0.05) is 0 Å². The molecule has 0 spiro atoms. The molecule has 0 aliphatic rings. The lowest BCUT2D eigenvalue weighted by Gasteiger charge is -2.19. The average Bonchev–Trinajstić information content (AvgIpc) is 2.26. The first-order valence-electron chi connectivity index (χ1n) is 5.21. The van der Waals surface area contributed by atoms with Crippen molar-refractivity contribution in [1.82, 2.24) is 0 Å². The number of ether oxygens (including phenoxy) is 1. The standard InChI is InChI=1S/C11H11Cl2FO5S/c1-11(2,3)10(15)19-9-5(12)4-6(20(16,17)18)8(14)7(9)13/h4H,1-3H3,(H,16,17,18)/p-1. The van der Waals surface area contributed by atoms with E-state index in [1.807, 2.05) is 0 Å². The topological polar surface area (TPSA) is 83.5 Å². The van der Waals surface area contributed by atoms with E-state index in [0.29, 0.717) is 6.07 Å². The molecule has 1 rings (SSSR count). The van der Waals surface area contributed by atoms with Gasteiger partial charge in [0.15, 0.2) is 11.6 Å². The normalized spacial score (nSPS) is 12.3. The van der Waals surface area contributed by atoms with E-state index in [0.717, 1.165) is 0 Å². The van der Waals surface area contributed by atoms with Gasteiger partial charge in [0.25, 0.3) is 0 Å². The lowest BCUT2D eigenvalue weighted by molar-refractivity contribution is -0.143. The van der Waals surface area contributed by atoms with E-state index < -0.39 is 48.0 Å². The van der Waals surface area contributed by atoms with E-state index in [-0.39, 0.29) is 0 Å². The Morgan fingerprint density at radius 2 is 1.85 bits per heavy atom. The molecule has 0 bridgehead atoms. The Hall–Kier alpha value is -0.890. The summed E-state index contributed by atoms with van der Waals surface area (Å²) in [7, 11) is -5.09. The maximum atomic E-state index is 13.7. The maximum Gasteiger partial charge on any atom is 0.316 e. The third kappa shape index (κ3) is 3.60. The minimum atomic E-state index is -5.09. The number of carbonyl (C=O) groups is 1. The molecular weight excluding hydrogens is 334 g/mol. The molecule has 0 amide bonds. The van der Waals surface area contributed by atoms with Crippen LogP contribution in [0, 0.1) is 11.2 Å². The molecule has 5 nitrogen and oxygen atoms in total. The highest BCUT2D eigenvalue weighted by atomic mass is 35.5. The van der Waals surface area contributed by atoms with Crippen LogP contribution in [0.1, 0.15) is 20.8 Å². The van der Waals surface area contributed by atoms with E-state index >= 15 is 0 Å². The fourth-order valence-corrected chi connectivity index (χ4v) is 2.32. The van der Waals surface area contributed by atoms with Gasteiger partial charge in [0.2, 0.25) is 0 Å². The number of hydrogen-bond donors (Lipinski definition) is 0. The van der Waals surface area contributed by atoms with Crippen molar-refractivity contribution in [3.8, 4) is 5.75 Å². The molecule has 20 heavy (non-hydrogen) atoms. The lowest BCUT2D eigenvalue weighted by atomic mass is 9.97. The summed E-state index contributed by atoms with van der Waals surface area (Å²) < 4.78 is 51.1. The minimum absolute atomic E-state index is 0.455. The van der Waals surface area contributed by atoms with E-state index in [1.165, 1.54) is 0 Å². The van der Waals surface area contributed by atoms with Crippen molar-refractivity contribution in [1.29, 1.82) is 0 Å². The van der Waals surface area contributed by atoms with Crippen molar-refractivity contribution >= 4 is 39.3 Å². The molecule has 0 unspecified atom stereocenters. The largest absolute Gasteiger partial charge is 0.744 e. The SMILES string of the molecule is CC(C)(C)C(=O)Oc1c(Cl)cc(S(=O)(=O)[O-])c(F)c1Cl. The second-order valence-electron chi connectivity index (χ2n) is 4.91. The zero-order chi connectivity index (χ0) is 15.9. The van der Waals surface area contributed by atoms with Gasteiger partial charge in [0.05, 0.1) is 15.3 Å². The number of hydrogen-bond acceptors (Lipinski definition) is 5. The van der Waals surface area contributed by atoms with Crippen molar-refractivity contribution in [3.05, 3.63) is 21.9 Å². The third-order valence-electron chi connectivity index (χ3n) is 2.16. The van der Waals surface area contributed by atoms with Crippen molar-refractivity contribution in [3.63, 3.8) is 0 Å². The fourth-order valence-electron chi connectivity index (χ4n) is 1.08. The van der Waals surface area contributed by atoms with Crippen LogP contribution >= 0.6 is 23.2 Å². The molecule has 0 radical (unpaired) electrons. The number of benzene rings is 1. The van der Waals surface area contributed by atoms with Crippen LogP contribution < -0.4 is 4.74 Å². The van der Waals surface area contributed by atoms with Crippen molar-refractivity contribution in [2.75, 3.05) is 0 Å². The molecule has 0 saturated carbocycles. The maximum absolute atomic E-state index is 13.7. The van der Waals surface area contributed by atoms with Gasteiger partial charge in [-0.05, 0) is 26.8 Å². The molecule has 0 aliphatic carbocycles. The first-order chi connectivity index (χ1) is 8.85. The van der Waals surface area contributed by atoms with E-state index in [1.54, 1.807) is 20.8 Å². The molecule has 9 heteroatoms. The highest BCUT2D eigenvalue weighted by Gasteiger charge is 2.28. The van der Waals surface area contributed by atoms with Crippen LogP contribution in [-0.2, 0) is 14.9 Å². The lowest BCUT2D eigenvalue weighted by Crippen LogP contribution is -2.26. The second-order valence-corrected chi connectivity index (χ2v) is 7.04. The summed E-state index contributed by atoms with van der Waals surface area (Å²) in [6, 6.07) is 0.552. The monoisotopic (exact) mass is 343 g/mol. The van der Waals surface area contributed by atoms with Crippen LogP contribution in [0.2, 0.25) is 10.0 Å². The van der Waals surface area contributed by atoms with Crippen LogP contribution in [0.15, 0.2) is 11.0 Å². The van der Waals surface area contributed by atoms with Crippen molar-refractivity contribution < 1.29 is 26.9 Å². The Balaban J connectivity index is 3.40. The summed E-state index contributed by atoms with van der Waals surface area (Å²) in [6.07, 6.45) is 0. The molecule has 0 heterocycles. The van der Waals surface area contributed by atoms with Gasteiger partial charge in [-0.15, -0.1) is 0 Å². The van der Waals surface area contributed by atoms with Gasteiger partial charge >= 0.3 is 5.97 Å². The molecule has 1 aromatic rings. The van der Waals surface area contributed by atoms with E-state index in [2.05, 4.69) is 0 Å². The molecule has 0 saturated heterocycles. The Bertz CT molecular complexity index is 664. The Labute approximate surface area is 125 Å². The van der Waals surface area contributed by atoms with Crippen molar-refractivity contribution in [2.45, 2.75) is 25.7 Å². The Kier molecular flexibility index (Phi) is 4.70. The Morgan fingerprint density at radius 3 is 2.25 bits per heavy atom. The van der Waals surface area contributed by atoms with Crippen LogP contribution in [0.3, 0.4) is 0 Å². The predicted molar refractivity (Wildman–Crippen MR) is 69.5 cm³/mol. The zero-order valence-electron chi connectivity index (χ0n) is 10.7. The molecule has 112 valence electrons. The summed E-state index contributed by atoms with van der Waals surface area (Å²) in [6.45, 7) is 4.64. The summed E-state index contributed by atoms with van der Waals surface area (Å²) in [5.41, 5.74) is -0.910. The number of halogens is 3. The van der Waals surface area contributed by atoms with Gasteiger partial charge in [-0.25, -0.2) is 12.8 Å². The third-order valence-corrected chi connectivity index (χ3v) is 3.61. The second kappa shape index (κ2) is 5.48. The smallest absolute Gasteiger partial charge is 0.316 e. The van der Waals surface area contributed by atoms with Gasteiger partial charge in [-0.1, -0.05) is 23.2 Å². The van der Waals surface area contributed by atoms with Crippen LogP contribution in [0.25, 0.3) is 0 Å². The van der Waals surface area contributed by atoms with Crippen LogP contribution in [0.5, 0.6) is 5.75 Å². The molecule has 0 N–H and O–H groups in total. The average molecular weight is 344 g/mol. The summed E-state index contributed by atoms with van der Waals surface area (Å²) >= 11 is 11.2. The minimum Gasteiger partial charge on any atom is -0.744 e. The summed E-state index contributed by atoms with van der Waals surface area (Å²) in [4.78, 5) is 10.5. The van der Waals surface area contributed by atoms with Crippen LogP contribution in [0.4, 0.5) is 4.39 Å². The molecule has 0 aliphatic heterocycles. The van der Waals surface area contributed by atoms with Crippen molar-refractivity contribution in [2.24, 2.45) is 5.41 Å². The quantitative estimate of drug-likeness (QED) is 0.356. The van der Waals surface area contributed by atoms with Gasteiger partial charge in [-0.3, -0.25) is 4.79 Å².